The number of benzene rings is 3. The van der Waals surface area contributed by atoms with E-state index in [0.717, 1.165) is 23.4 Å². The molecule has 2 N–H and O–H groups in total. The molecule has 0 fully saturated rings. The highest BCUT2D eigenvalue weighted by molar-refractivity contribution is 7.92. The van der Waals surface area contributed by atoms with Gasteiger partial charge in [-0.1, -0.05) is 36.4 Å². The molecule has 0 radical (unpaired) electrons. The van der Waals surface area contributed by atoms with Crippen LogP contribution < -0.4 is 19.5 Å². The van der Waals surface area contributed by atoms with Crippen LogP contribution in [0.15, 0.2) is 83.8 Å². The number of fused-ring (bicyclic) bond motifs is 3. The second kappa shape index (κ2) is 9.90. The van der Waals surface area contributed by atoms with Gasteiger partial charge in [-0.15, -0.1) is 0 Å². The smallest absolute Gasteiger partial charge is 0.262 e. The molecule has 0 spiro atoms. The van der Waals surface area contributed by atoms with Crippen molar-refractivity contribution in [2.45, 2.75) is 50.2 Å². The molecule has 5 rings (SSSR count). The van der Waals surface area contributed by atoms with Gasteiger partial charge in [0.2, 0.25) is 0 Å². The number of allylic oxidation sites excluding steroid dienone is 2. The van der Waals surface area contributed by atoms with Crippen LogP contribution in [0.2, 0.25) is 0 Å². The minimum absolute atomic E-state index is 0.129. The molecular formula is C29H32N2O4S. The molecule has 0 bridgehead atoms. The number of sulfonamides is 1. The van der Waals surface area contributed by atoms with Gasteiger partial charge in [-0.05, 0) is 86.7 Å². The number of para-hydroxylation sites is 2. The van der Waals surface area contributed by atoms with Crippen LogP contribution in [0.25, 0.3) is 0 Å². The van der Waals surface area contributed by atoms with Crippen molar-refractivity contribution < 1.29 is 17.9 Å². The van der Waals surface area contributed by atoms with E-state index in [2.05, 4.69) is 34.3 Å². The van der Waals surface area contributed by atoms with Crippen molar-refractivity contribution in [3.05, 3.63) is 90.0 Å². The van der Waals surface area contributed by atoms with Crippen LogP contribution in [-0.4, -0.2) is 21.1 Å². The number of hydrogen-bond acceptors (Lipinski definition) is 5. The monoisotopic (exact) mass is 504 g/mol. The maximum absolute atomic E-state index is 13.3. The summed E-state index contributed by atoms with van der Waals surface area (Å²) in [4.78, 5) is 0.238. The molecule has 1 heterocycles. The third-order valence-electron chi connectivity index (χ3n) is 6.69. The molecular weight excluding hydrogens is 472 g/mol. The summed E-state index contributed by atoms with van der Waals surface area (Å²) in [7, 11) is -3.79. The lowest BCUT2D eigenvalue weighted by Crippen LogP contribution is -2.29. The zero-order chi connectivity index (χ0) is 25.3. The Labute approximate surface area is 213 Å². The number of hydrogen-bond donors (Lipinski definition) is 2. The van der Waals surface area contributed by atoms with Gasteiger partial charge in [0.25, 0.3) is 10.0 Å². The van der Waals surface area contributed by atoms with Crippen molar-refractivity contribution in [3.63, 3.8) is 0 Å². The molecule has 3 aromatic rings. The summed E-state index contributed by atoms with van der Waals surface area (Å²) < 4.78 is 40.7. The van der Waals surface area contributed by atoms with Gasteiger partial charge in [0.1, 0.15) is 11.5 Å². The molecule has 3 atom stereocenters. The number of anilines is 2. The lowest BCUT2D eigenvalue weighted by atomic mass is 9.77. The van der Waals surface area contributed by atoms with Crippen LogP contribution in [0.1, 0.15) is 50.3 Å². The van der Waals surface area contributed by atoms with Gasteiger partial charge in [-0.3, -0.25) is 4.72 Å². The first-order valence-corrected chi connectivity index (χ1v) is 13.9. The van der Waals surface area contributed by atoms with E-state index in [-0.39, 0.29) is 23.0 Å². The average Bonchev–Trinajstić information content (AvgIpc) is 3.35. The first-order valence-electron chi connectivity index (χ1n) is 12.4. The van der Waals surface area contributed by atoms with Gasteiger partial charge >= 0.3 is 0 Å². The van der Waals surface area contributed by atoms with Crippen LogP contribution in [0, 0.1) is 5.92 Å². The Balaban J connectivity index is 1.43. The molecule has 0 aromatic heterocycles. The summed E-state index contributed by atoms with van der Waals surface area (Å²) in [6.07, 6.45) is 5.48. The lowest BCUT2D eigenvalue weighted by Gasteiger charge is -2.37. The highest BCUT2D eigenvalue weighted by Gasteiger charge is 2.38. The fraction of sp³-hybridized carbons (Fsp3) is 0.310. The molecule has 1 aliphatic carbocycles. The molecule has 7 heteroatoms. The third-order valence-corrected chi connectivity index (χ3v) is 8.05. The van der Waals surface area contributed by atoms with E-state index in [1.165, 1.54) is 5.56 Å². The minimum Gasteiger partial charge on any atom is -0.492 e. The fourth-order valence-corrected chi connectivity index (χ4v) is 6.24. The van der Waals surface area contributed by atoms with Crippen molar-refractivity contribution in [1.82, 2.24) is 0 Å². The minimum atomic E-state index is -3.79. The van der Waals surface area contributed by atoms with Crippen molar-refractivity contribution in [2.75, 3.05) is 16.6 Å². The molecule has 6 nitrogen and oxygen atoms in total. The van der Waals surface area contributed by atoms with Gasteiger partial charge in [-0.25, -0.2) is 8.42 Å². The quantitative estimate of drug-likeness (QED) is 0.343. The van der Waals surface area contributed by atoms with Gasteiger partial charge in [-0.2, -0.15) is 0 Å². The fourth-order valence-electron chi connectivity index (χ4n) is 5.13. The predicted octanol–water partition coefficient (Wildman–Crippen LogP) is 6.50. The second-order valence-electron chi connectivity index (χ2n) is 9.49. The Kier molecular flexibility index (Phi) is 6.67. The molecule has 3 aromatic carbocycles. The molecule has 2 aliphatic rings. The highest BCUT2D eigenvalue weighted by atomic mass is 32.2. The molecule has 0 saturated carbocycles. The molecule has 36 heavy (non-hydrogen) atoms. The van der Waals surface area contributed by atoms with E-state index in [1.54, 1.807) is 30.3 Å². The average molecular weight is 505 g/mol. The van der Waals surface area contributed by atoms with Crippen LogP contribution in [0.5, 0.6) is 11.5 Å². The molecule has 0 unspecified atom stereocenters. The van der Waals surface area contributed by atoms with Crippen LogP contribution in [0.3, 0.4) is 0 Å². The Bertz CT molecular complexity index is 1370. The van der Waals surface area contributed by atoms with Gasteiger partial charge in [0.15, 0.2) is 0 Å². The predicted molar refractivity (Wildman–Crippen MR) is 143 cm³/mol. The number of nitrogens with one attached hydrogen (secondary N) is 2. The Morgan fingerprint density at radius 1 is 1.06 bits per heavy atom. The van der Waals surface area contributed by atoms with E-state index >= 15 is 0 Å². The zero-order valence-corrected chi connectivity index (χ0v) is 21.6. The Hall–Kier alpha value is -3.45. The van der Waals surface area contributed by atoms with Crippen LogP contribution in [-0.2, 0) is 10.0 Å². The third kappa shape index (κ3) is 4.80. The summed E-state index contributed by atoms with van der Waals surface area (Å²) in [6.45, 7) is 6.36. The topological polar surface area (TPSA) is 76.7 Å². The normalized spacial score (nSPS) is 20.4. The molecule has 0 amide bonds. The SMILES string of the molecule is CCOc1ccccc1NS(=O)(=O)c1ccc2c(c1)[C@H]1C=CC[C@H]1[C@@H](c1ccc(OC(C)C)cc1)N2. The Morgan fingerprint density at radius 3 is 2.58 bits per heavy atom. The van der Waals surface area contributed by atoms with E-state index in [1.807, 2.05) is 45.0 Å². The number of ether oxygens (including phenoxy) is 2. The van der Waals surface area contributed by atoms with Crippen molar-refractivity contribution >= 4 is 21.4 Å². The maximum atomic E-state index is 13.3. The van der Waals surface area contributed by atoms with Crippen molar-refractivity contribution in [2.24, 2.45) is 5.92 Å². The van der Waals surface area contributed by atoms with Gasteiger partial charge < -0.3 is 14.8 Å². The van der Waals surface area contributed by atoms with Crippen molar-refractivity contribution in [1.29, 1.82) is 0 Å². The van der Waals surface area contributed by atoms with E-state index < -0.39 is 10.0 Å². The summed E-state index contributed by atoms with van der Waals surface area (Å²) >= 11 is 0. The van der Waals surface area contributed by atoms with Crippen molar-refractivity contribution in [3.8, 4) is 11.5 Å². The molecule has 188 valence electrons. The number of rotatable bonds is 8. The molecule has 0 saturated heterocycles. The highest BCUT2D eigenvalue weighted by Crippen LogP contribution is 2.50. The standard InChI is InChI=1S/C29H32N2O4S/c1-4-34-28-11-6-5-10-27(28)31-36(32,33)22-16-17-26-25(18-22)23-8-7-9-24(23)29(30-26)20-12-14-21(15-13-20)35-19(2)3/h5-8,10-19,23-24,29-31H,4,9H2,1-3H3/t23-,24+,29+/m0/s1. The van der Waals surface area contributed by atoms with E-state index in [0.29, 0.717) is 24.0 Å². The lowest BCUT2D eigenvalue weighted by molar-refractivity contribution is 0.242. The second-order valence-corrected chi connectivity index (χ2v) is 11.2. The summed E-state index contributed by atoms with van der Waals surface area (Å²) in [5.74, 6) is 1.82. The molecule has 1 aliphatic heterocycles. The van der Waals surface area contributed by atoms with Crippen LogP contribution in [0.4, 0.5) is 11.4 Å². The van der Waals surface area contributed by atoms with Gasteiger partial charge in [0.05, 0.1) is 29.3 Å². The van der Waals surface area contributed by atoms with E-state index in [4.69, 9.17) is 9.47 Å². The van der Waals surface area contributed by atoms with Gasteiger partial charge in [0, 0.05) is 11.6 Å². The Morgan fingerprint density at radius 2 is 1.83 bits per heavy atom. The maximum Gasteiger partial charge on any atom is 0.262 e. The first-order chi connectivity index (χ1) is 17.4. The first kappa shape index (κ1) is 24.3. The summed E-state index contributed by atoms with van der Waals surface area (Å²) in [6, 6.07) is 20.8. The largest absolute Gasteiger partial charge is 0.492 e. The van der Waals surface area contributed by atoms with E-state index in [9.17, 15) is 8.42 Å². The van der Waals surface area contributed by atoms with Crippen LogP contribution >= 0.6 is 0 Å². The zero-order valence-electron chi connectivity index (χ0n) is 20.8. The summed E-state index contributed by atoms with van der Waals surface area (Å²) in [5.41, 5.74) is 3.59. The summed E-state index contributed by atoms with van der Waals surface area (Å²) in [5, 5.41) is 3.68.